The Hall–Kier alpha value is -0.940. The molecule has 0 saturated carbocycles. The molecule has 0 aromatic carbocycles. The third-order valence-corrected chi connectivity index (χ3v) is 4.25. The maximum absolute atomic E-state index is 11.9. The molecule has 0 bridgehead atoms. The molecule has 2 atom stereocenters. The molecule has 4 nitrogen and oxygen atoms in total. The van der Waals surface area contributed by atoms with Crippen molar-refractivity contribution in [2.75, 3.05) is 0 Å². The predicted molar refractivity (Wildman–Crippen MR) is 80.0 cm³/mol. The fraction of sp³-hybridized carbons (Fsp3) is 0.714. The number of aromatic nitrogens is 1. The van der Waals surface area contributed by atoms with Crippen molar-refractivity contribution >= 4 is 17.2 Å². The average Bonchev–Trinajstić information content (AvgIpc) is 2.83. The van der Waals surface area contributed by atoms with Crippen LogP contribution in [-0.4, -0.2) is 16.9 Å². The molecular formula is C14H25N3OS. The zero-order chi connectivity index (χ0) is 14.3. The van der Waals surface area contributed by atoms with Gasteiger partial charge in [-0.25, -0.2) is 4.98 Å². The second-order valence-electron chi connectivity index (χ2n) is 5.10. The highest BCUT2D eigenvalue weighted by Gasteiger charge is 2.13. The summed E-state index contributed by atoms with van der Waals surface area (Å²) in [5, 5.41) is 3.93. The number of rotatable bonds is 8. The number of hydrogen-bond donors (Lipinski definition) is 2. The largest absolute Gasteiger partial charge is 0.349 e. The van der Waals surface area contributed by atoms with Gasteiger partial charge in [0.2, 0.25) is 5.91 Å². The lowest BCUT2D eigenvalue weighted by atomic mass is 10.0. The number of nitrogens with one attached hydrogen (secondary N) is 1. The van der Waals surface area contributed by atoms with Gasteiger partial charge in [0.1, 0.15) is 5.01 Å². The third kappa shape index (κ3) is 6.16. The number of carbonyl (C=O) groups is 1. The maximum Gasteiger partial charge on any atom is 0.223 e. The highest BCUT2D eigenvalue weighted by atomic mass is 32.1. The zero-order valence-corrected chi connectivity index (χ0v) is 12.9. The minimum atomic E-state index is 0.0457. The fourth-order valence-corrected chi connectivity index (χ4v) is 2.61. The van der Waals surface area contributed by atoms with Crippen LogP contribution in [0.4, 0.5) is 0 Å². The average molecular weight is 283 g/mol. The first-order valence-corrected chi connectivity index (χ1v) is 7.81. The van der Waals surface area contributed by atoms with Crippen LogP contribution in [0.15, 0.2) is 6.20 Å². The molecule has 0 radical (unpaired) electrons. The summed E-state index contributed by atoms with van der Waals surface area (Å²) in [5.74, 6) is 0.155. The van der Waals surface area contributed by atoms with Crippen LogP contribution in [0.5, 0.6) is 0 Å². The van der Waals surface area contributed by atoms with Crippen molar-refractivity contribution in [3.63, 3.8) is 0 Å². The molecule has 19 heavy (non-hydrogen) atoms. The number of amides is 1. The van der Waals surface area contributed by atoms with Gasteiger partial charge in [0.05, 0.1) is 6.54 Å². The zero-order valence-electron chi connectivity index (χ0n) is 12.1. The van der Waals surface area contributed by atoms with Gasteiger partial charge in [-0.3, -0.25) is 4.79 Å². The number of thiazole rings is 1. The summed E-state index contributed by atoms with van der Waals surface area (Å²) in [4.78, 5) is 17.5. The summed E-state index contributed by atoms with van der Waals surface area (Å²) in [6.45, 7) is 6.62. The van der Waals surface area contributed by atoms with Gasteiger partial charge in [-0.2, -0.15) is 0 Å². The number of nitrogens with zero attached hydrogens (tertiary/aromatic N) is 1. The van der Waals surface area contributed by atoms with E-state index >= 15 is 0 Å². The van der Waals surface area contributed by atoms with E-state index in [0.717, 1.165) is 30.7 Å². The molecule has 108 valence electrons. The monoisotopic (exact) mass is 283 g/mol. The van der Waals surface area contributed by atoms with Crippen LogP contribution in [0.2, 0.25) is 0 Å². The third-order valence-electron chi connectivity index (χ3n) is 3.11. The second kappa shape index (κ2) is 8.27. The Balaban J connectivity index is 2.26. The first kappa shape index (κ1) is 16.1. The maximum atomic E-state index is 11.9. The Labute approximate surface area is 119 Å². The van der Waals surface area contributed by atoms with Gasteiger partial charge in [0, 0.05) is 23.0 Å². The molecule has 1 rings (SSSR count). The lowest BCUT2D eigenvalue weighted by Crippen LogP contribution is -2.29. The SMILES string of the molecule is CCc1cnc(CNC(=O)C(C)CCCC(C)N)s1. The van der Waals surface area contributed by atoms with E-state index in [0.29, 0.717) is 6.54 Å². The van der Waals surface area contributed by atoms with Gasteiger partial charge in [-0.15, -0.1) is 11.3 Å². The van der Waals surface area contributed by atoms with E-state index < -0.39 is 0 Å². The summed E-state index contributed by atoms with van der Waals surface area (Å²) in [5.41, 5.74) is 5.70. The van der Waals surface area contributed by atoms with Gasteiger partial charge in [0.25, 0.3) is 0 Å². The van der Waals surface area contributed by atoms with Gasteiger partial charge in [-0.1, -0.05) is 20.3 Å². The van der Waals surface area contributed by atoms with Crippen molar-refractivity contribution in [3.8, 4) is 0 Å². The van der Waals surface area contributed by atoms with Crippen molar-refractivity contribution in [2.24, 2.45) is 11.7 Å². The van der Waals surface area contributed by atoms with Gasteiger partial charge < -0.3 is 11.1 Å². The van der Waals surface area contributed by atoms with E-state index in [-0.39, 0.29) is 17.9 Å². The van der Waals surface area contributed by atoms with E-state index in [1.54, 1.807) is 11.3 Å². The van der Waals surface area contributed by atoms with Crippen LogP contribution in [0, 0.1) is 5.92 Å². The Morgan fingerprint density at radius 1 is 1.47 bits per heavy atom. The number of nitrogens with two attached hydrogens (primary N) is 1. The van der Waals surface area contributed by atoms with E-state index in [1.807, 2.05) is 20.0 Å². The van der Waals surface area contributed by atoms with Crippen LogP contribution in [0.25, 0.3) is 0 Å². The molecule has 0 aliphatic rings. The highest BCUT2D eigenvalue weighted by Crippen LogP contribution is 2.14. The highest BCUT2D eigenvalue weighted by molar-refractivity contribution is 7.11. The number of hydrogen-bond acceptors (Lipinski definition) is 4. The Morgan fingerprint density at radius 2 is 2.21 bits per heavy atom. The molecule has 3 N–H and O–H groups in total. The molecule has 0 aliphatic heterocycles. The topological polar surface area (TPSA) is 68.0 Å². The Kier molecular flexibility index (Phi) is 7.02. The van der Waals surface area contributed by atoms with E-state index in [4.69, 9.17) is 5.73 Å². The summed E-state index contributed by atoms with van der Waals surface area (Å²) >= 11 is 1.67. The minimum Gasteiger partial charge on any atom is -0.349 e. The predicted octanol–water partition coefficient (Wildman–Crippen LogP) is 2.48. The molecule has 1 amide bonds. The lowest BCUT2D eigenvalue weighted by Gasteiger charge is -2.12. The van der Waals surface area contributed by atoms with Crippen molar-refractivity contribution in [1.29, 1.82) is 0 Å². The normalized spacial score (nSPS) is 14.1. The summed E-state index contributed by atoms with van der Waals surface area (Å²) < 4.78 is 0. The minimum absolute atomic E-state index is 0.0457. The molecular weight excluding hydrogens is 258 g/mol. The molecule has 0 spiro atoms. The standard InChI is InChI=1S/C14H25N3OS/c1-4-12-8-16-13(19-12)9-17-14(18)10(2)6-5-7-11(3)15/h8,10-11H,4-7,9,15H2,1-3H3,(H,17,18). The smallest absolute Gasteiger partial charge is 0.223 e. The van der Waals surface area contributed by atoms with Gasteiger partial charge in [-0.05, 0) is 26.2 Å². The lowest BCUT2D eigenvalue weighted by molar-refractivity contribution is -0.124. The van der Waals surface area contributed by atoms with Crippen molar-refractivity contribution in [3.05, 3.63) is 16.1 Å². The Morgan fingerprint density at radius 3 is 2.79 bits per heavy atom. The van der Waals surface area contributed by atoms with Crippen molar-refractivity contribution in [1.82, 2.24) is 10.3 Å². The molecule has 0 saturated heterocycles. The first-order valence-electron chi connectivity index (χ1n) is 6.99. The molecule has 1 heterocycles. The van der Waals surface area contributed by atoms with Gasteiger partial charge >= 0.3 is 0 Å². The van der Waals surface area contributed by atoms with Crippen molar-refractivity contribution < 1.29 is 4.79 Å². The molecule has 1 aromatic rings. The fourth-order valence-electron chi connectivity index (χ4n) is 1.81. The van der Waals surface area contributed by atoms with Crippen LogP contribution < -0.4 is 11.1 Å². The van der Waals surface area contributed by atoms with Gasteiger partial charge in [0.15, 0.2) is 0 Å². The summed E-state index contributed by atoms with van der Waals surface area (Å²) in [7, 11) is 0. The molecule has 0 aliphatic carbocycles. The number of aryl methyl sites for hydroxylation is 1. The molecule has 2 unspecified atom stereocenters. The van der Waals surface area contributed by atoms with E-state index in [9.17, 15) is 4.79 Å². The summed E-state index contributed by atoms with van der Waals surface area (Å²) in [6.07, 6.45) is 5.76. The molecule has 1 aromatic heterocycles. The van der Waals surface area contributed by atoms with Crippen LogP contribution in [0.3, 0.4) is 0 Å². The van der Waals surface area contributed by atoms with Crippen molar-refractivity contribution in [2.45, 2.75) is 59.0 Å². The van der Waals surface area contributed by atoms with Crippen LogP contribution >= 0.6 is 11.3 Å². The quantitative estimate of drug-likeness (QED) is 0.770. The second-order valence-corrected chi connectivity index (χ2v) is 6.30. The molecule has 5 heteroatoms. The summed E-state index contributed by atoms with van der Waals surface area (Å²) in [6, 6.07) is 0.220. The van der Waals surface area contributed by atoms with Crippen LogP contribution in [-0.2, 0) is 17.8 Å². The van der Waals surface area contributed by atoms with E-state index in [2.05, 4.69) is 17.2 Å². The first-order chi connectivity index (χ1) is 9.02. The Bertz CT molecular complexity index is 390. The van der Waals surface area contributed by atoms with E-state index in [1.165, 1.54) is 4.88 Å². The van der Waals surface area contributed by atoms with Crippen LogP contribution in [0.1, 0.15) is 49.9 Å². The number of carbonyl (C=O) groups excluding carboxylic acids is 1. The molecule has 0 fully saturated rings.